The van der Waals surface area contributed by atoms with Crippen molar-refractivity contribution in [3.63, 3.8) is 0 Å². The van der Waals surface area contributed by atoms with Crippen LogP contribution in [0.5, 0.6) is 5.75 Å². The molecular weight excluding hydrogens is 348 g/mol. The maximum atomic E-state index is 12.6. The number of hydrogen-bond acceptors (Lipinski definition) is 3. The van der Waals surface area contributed by atoms with Gasteiger partial charge in [0.05, 0.1) is 12.6 Å². The monoisotopic (exact) mass is 370 g/mol. The maximum Gasteiger partial charge on any atom is 0.262 e. The molecule has 0 radical (unpaired) electrons. The van der Waals surface area contributed by atoms with Crippen LogP contribution in [0.4, 0.5) is 0 Å². The number of nitrogens with one attached hydrogen (secondary N) is 1. The molecule has 0 heterocycles. The van der Waals surface area contributed by atoms with Crippen molar-refractivity contribution in [2.75, 3.05) is 6.61 Å². The molecular formula is C24H22N2O2. The first-order valence-corrected chi connectivity index (χ1v) is 9.26. The SMILES string of the molecule is CCOc1ccc(/C=C(\C#N)C(=O)N[C@@H](C)c2ccccc2)c2ccccc12. The Labute approximate surface area is 165 Å². The zero-order valence-corrected chi connectivity index (χ0v) is 16.0. The summed E-state index contributed by atoms with van der Waals surface area (Å²) < 4.78 is 5.69. The van der Waals surface area contributed by atoms with Gasteiger partial charge in [-0.2, -0.15) is 5.26 Å². The van der Waals surface area contributed by atoms with E-state index in [9.17, 15) is 10.1 Å². The number of fused-ring (bicyclic) bond motifs is 1. The van der Waals surface area contributed by atoms with E-state index >= 15 is 0 Å². The highest BCUT2D eigenvalue weighted by Gasteiger charge is 2.14. The number of amides is 1. The zero-order chi connectivity index (χ0) is 19.9. The van der Waals surface area contributed by atoms with E-state index in [2.05, 4.69) is 5.32 Å². The van der Waals surface area contributed by atoms with Crippen molar-refractivity contribution in [1.29, 1.82) is 5.26 Å². The Bertz CT molecular complexity index is 1050. The van der Waals surface area contributed by atoms with Crippen LogP contribution in [0.1, 0.15) is 31.0 Å². The van der Waals surface area contributed by atoms with E-state index in [0.29, 0.717) is 6.61 Å². The summed E-state index contributed by atoms with van der Waals surface area (Å²) in [6.45, 7) is 4.41. The summed E-state index contributed by atoms with van der Waals surface area (Å²) in [7, 11) is 0. The molecule has 0 spiro atoms. The van der Waals surface area contributed by atoms with Gasteiger partial charge in [0, 0.05) is 5.39 Å². The quantitative estimate of drug-likeness (QED) is 0.489. The van der Waals surface area contributed by atoms with Crippen molar-refractivity contribution in [3.8, 4) is 11.8 Å². The lowest BCUT2D eigenvalue weighted by Crippen LogP contribution is -2.27. The smallest absolute Gasteiger partial charge is 0.262 e. The fourth-order valence-electron chi connectivity index (χ4n) is 3.11. The molecule has 3 rings (SSSR count). The topological polar surface area (TPSA) is 62.1 Å². The zero-order valence-electron chi connectivity index (χ0n) is 16.0. The van der Waals surface area contributed by atoms with Crippen LogP contribution in [0.15, 0.2) is 72.3 Å². The van der Waals surface area contributed by atoms with Crippen molar-refractivity contribution >= 4 is 22.8 Å². The second-order valence-corrected chi connectivity index (χ2v) is 6.41. The van der Waals surface area contributed by atoms with E-state index < -0.39 is 5.91 Å². The lowest BCUT2D eigenvalue weighted by molar-refractivity contribution is -0.117. The van der Waals surface area contributed by atoms with E-state index in [4.69, 9.17) is 4.74 Å². The van der Waals surface area contributed by atoms with Crippen molar-refractivity contribution in [2.24, 2.45) is 0 Å². The fourth-order valence-corrected chi connectivity index (χ4v) is 3.11. The predicted octanol–water partition coefficient (Wildman–Crippen LogP) is 5.02. The van der Waals surface area contributed by atoms with Gasteiger partial charge in [-0.05, 0) is 42.5 Å². The van der Waals surface area contributed by atoms with E-state index in [1.165, 1.54) is 0 Å². The first kappa shape index (κ1) is 19.2. The summed E-state index contributed by atoms with van der Waals surface area (Å²) in [6, 6.07) is 23.0. The number of hydrogen-bond donors (Lipinski definition) is 1. The van der Waals surface area contributed by atoms with Gasteiger partial charge >= 0.3 is 0 Å². The Balaban J connectivity index is 1.91. The van der Waals surface area contributed by atoms with Crippen LogP contribution in [0.3, 0.4) is 0 Å². The highest BCUT2D eigenvalue weighted by Crippen LogP contribution is 2.30. The van der Waals surface area contributed by atoms with Crippen LogP contribution in [0.2, 0.25) is 0 Å². The van der Waals surface area contributed by atoms with Crippen molar-refractivity contribution < 1.29 is 9.53 Å². The normalized spacial score (nSPS) is 12.2. The maximum absolute atomic E-state index is 12.6. The minimum absolute atomic E-state index is 0.0668. The van der Waals surface area contributed by atoms with Crippen molar-refractivity contribution in [3.05, 3.63) is 83.4 Å². The Kier molecular flexibility index (Phi) is 6.08. The average Bonchev–Trinajstić information content (AvgIpc) is 2.73. The molecule has 4 heteroatoms. The molecule has 0 saturated carbocycles. The molecule has 0 aliphatic heterocycles. The van der Waals surface area contributed by atoms with Gasteiger partial charge in [0.15, 0.2) is 0 Å². The molecule has 0 bridgehead atoms. The molecule has 1 amide bonds. The first-order valence-electron chi connectivity index (χ1n) is 9.26. The molecule has 0 fully saturated rings. The number of carbonyl (C=O) groups is 1. The number of nitriles is 1. The molecule has 1 N–H and O–H groups in total. The Hall–Kier alpha value is -3.58. The molecule has 28 heavy (non-hydrogen) atoms. The summed E-state index contributed by atoms with van der Waals surface area (Å²) in [4.78, 5) is 12.6. The molecule has 4 nitrogen and oxygen atoms in total. The highest BCUT2D eigenvalue weighted by atomic mass is 16.5. The number of nitrogens with zero attached hydrogens (tertiary/aromatic N) is 1. The highest BCUT2D eigenvalue weighted by molar-refractivity contribution is 6.05. The predicted molar refractivity (Wildman–Crippen MR) is 112 cm³/mol. The van der Waals surface area contributed by atoms with Crippen LogP contribution in [-0.4, -0.2) is 12.5 Å². The molecule has 0 unspecified atom stereocenters. The van der Waals surface area contributed by atoms with Gasteiger partial charge in [0.2, 0.25) is 0 Å². The molecule has 3 aromatic rings. The van der Waals surface area contributed by atoms with Gasteiger partial charge in [-0.15, -0.1) is 0 Å². The van der Waals surface area contributed by atoms with Crippen molar-refractivity contribution in [1.82, 2.24) is 5.32 Å². The summed E-state index contributed by atoms with van der Waals surface area (Å²) in [5.41, 5.74) is 1.86. The van der Waals surface area contributed by atoms with Gasteiger partial charge in [0.25, 0.3) is 5.91 Å². The molecule has 140 valence electrons. The molecule has 0 saturated heterocycles. The third-order valence-corrected chi connectivity index (χ3v) is 4.53. The summed E-state index contributed by atoms with van der Waals surface area (Å²) in [5, 5.41) is 14.3. The van der Waals surface area contributed by atoms with Crippen LogP contribution < -0.4 is 10.1 Å². The summed E-state index contributed by atoms with van der Waals surface area (Å²) in [5.74, 6) is 0.396. The number of rotatable bonds is 6. The van der Waals surface area contributed by atoms with Gasteiger partial charge in [0.1, 0.15) is 17.4 Å². The van der Waals surface area contributed by atoms with Crippen molar-refractivity contribution in [2.45, 2.75) is 19.9 Å². The van der Waals surface area contributed by atoms with Gasteiger partial charge in [-0.3, -0.25) is 4.79 Å². The first-order chi connectivity index (χ1) is 13.6. The third-order valence-electron chi connectivity index (χ3n) is 4.53. The van der Waals surface area contributed by atoms with Crippen LogP contribution >= 0.6 is 0 Å². The van der Waals surface area contributed by atoms with Crippen LogP contribution in [0.25, 0.3) is 16.8 Å². The Morgan fingerprint density at radius 1 is 1.07 bits per heavy atom. The van der Waals surface area contributed by atoms with Gasteiger partial charge < -0.3 is 10.1 Å². The Morgan fingerprint density at radius 3 is 2.43 bits per heavy atom. The van der Waals surface area contributed by atoms with Gasteiger partial charge in [-0.1, -0.05) is 60.7 Å². The lowest BCUT2D eigenvalue weighted by Gasteiger charge is -2.14. The van der Waals surface area contributed by atoms with E-state index in [0.717, 1.165) is 27.6 Å². The second kappa shape index (κ2) is 8.88. The van der Waals surface area contributed by atoms with Gasteiger partial charge in [-0.25, -0.2) is 0 Å². The minimum Gasteiger partial charge on any atom is -0.493 e. The molecule has 0 aliphatic rings. The number of carbonyl (C=O) groups excluding carboxylic acids is 1. The lowest BCUT2D eigenvalue weighted by atomic mass is 10.0. The summed E-state index contributed by atoms with van der Waals surface area (Å²) >= 11 is 0. The molecule has 3 aromatic carbocycles. The average molecular weight is 370 g/mol. The van der Waals surface area contributed by atoms with Crippen LogP contribution in [-0.2, 0) is 4.79 Å². The number of ether oxygens (including phenoxy) is 1. The minimum atomic E-state index is -0.392. The molecule has 0 aliphatic carbocycles. The second-order valence-electron chi connectivity index (χ2n) is 6.41. The molecule has 1 atom stereocenters. The molecule has 0 aromatic heterocycles. The van der Waals surface area contributed by atoms with Crippen LogP contribution in [0, 0.1) is 11.3 Å². The fraction of sp³-hybridized carbons (Fsp3) is 0.167. The standard InChI is InChI=1S/C24H22N2O2/c1-3-28-23-14-13-19(21-11-7-8-12-22(21)23)15-20(16-25)24(27)26-17(2)18-9-5-4-6-10-18/h4-15,17H,3H2,1-2H3,(H,26,27)/b20-15+/t17-/m0/s1. The van der Waals surface area contributed by atoms with E-state index in [-0.39, 0.29) is 11.6 Å². The summed E-state index contributed by atoms with van der Waals surface area (Å²) in [6.07, 6.45) is 1.63. The Morgan fingerprint density at radius 2 is 1.75 bits per heavy atom. The number of benzene rings is 3. The van der Waals surface area contributed by atoms with E-state index in [1.54, 1.807) is 6.08 Å². The third kappa shape index (κ3) is 4.21. The van der Waals surface area contributed by atoms with E-state index in [1.807, 2.05) is 86.6 Å². The largest absolute Gasteiger partial charge is 0.493 e.